The van der Waals surface area contributed by atoms with Crippen molar-refractivity contribution in [2.24, 2.45) is 0 Å². The summed E-state index contributed by atoms with van der Waals surface area (Å²) in [6, 6.07) is 0. The number of fused-ring (bicyclic) bond motifs is 3. The van der Waals surface area contributed by atoms with E-state index in [2.05, 4.69) is 20.5 Å². The third-order valence-corrected chi connectivity index (χ3v) is 7.50. The molecule has 1 aliphatic rings. The lowest BCUT2D eigenvalue weighted by atomic mass is 9.97. The lowest BCUT2D eigenvalue weighted by molar-refractivity contribution is -0.116. The number of nitrogens with zero attached hydrogens (tertiary/aromatic N) is 4. The van der Waals surface area contributed by atoms with Crippen LogP contribution in [0.5, 0.6) is 0 Å². The van der Waals surface area contributed by atoms with Crippen LogP contribution in [0.1, 0.15) is 36.6 Å². The molecule has 0 fully saturated rings. The summed E-state index contributed by atoms with van der Waals surface area (Å²) in [7, 11) is 0. The van der Waals surface area contributed by atoms with E-state index in [9.17, 15) is 9.59 Å². The van der Waals surface area contributed by atoms with Crippen LogP contribution >= 0.6 is 34.4 Å². The first kappa shape index (κ1) is 18.6. The Hall–Kier alpha value is -1.78. The Balaban J connectivity index is 1.46. The second-order valence-electron chi connectivity index (χ2n) is 6.24. The predicted molar refractivity (Wildman–Crippen MR) is 110 cm³/mol. The number of carbonyl (C=O) groups is 1. The number of aryl methyl sites for hydroxylation is 3. The molecule has 0 radical (unpaired) electrons. The standard InChI is InChI=1S/C17H19N5O2S3/c1-2-25-17-21-20-16(27-17)19-12(23)7-8-22-9-18-14-13(15(22)24)10-5-3-4-6-11(10)26-14/h9H,2-8H2,1H3,(H,19,20,23). The molecule has 3 aromatic heterocycles. The van der Waals surface area contributed by atoms with Gasteiger partial charge >= 0.3 is 0 Å². The van der Waals surface area contributed by atoms with Gasteiger partial charge in [-0.2, -0.15) is 0 Å². The van der Waals surface area contributed by atoms with E-state index in [0.717, 1.165) is 39.6 Å². The van der Waals surface area contributed by atoms with E-state index in [-0.39, 0.29) is 17.9 Å². The van der Waals surface area contributed by atoms with Crippen LogP contribution in [0.3, 0.4) is 0 Å². The van der Waals surface area contributed by atoms with Crippen LogP contribution < -0.4 is 10.9 Å². The van der Waals surface area contributed by atoms with Gasteiger partial charge in [-0.1, -0.05) is 30.0 Å². The van der Waals surface area contributed by atoms with Crippen molar-refractivity contribution in [1.82, 2.24) is 19.7 Å². The molecular weight excluding hydrogens is 402 g/mol. The van der Waals surface area contributed by atoms with Crippen molar-refractivity contribution in [2.45, 2.75) is 49.9 Å². The summed E-state index contributed by atoms with van der Waals surface area (Å²) in [4.78, 5) is 31.7. The van der Waals surface area contributed by atoms with Crippen LogP contribution in [0.15, 0.2) is 15.5 Å². The number of hydrogen-bond acceptors (Lipinski definition) is 8. The summed E-state index contributed by atoms with van der Waals surface area (Å²) >= 11 is 4.58. The number of nitrogens with one attached hydrogen (secondary N) is 1. The van der Waals surface area contributed by atoms with Gasteiger partial charge in [-0.3, -0.25) is 14.2 Å². The van der Waals surface area contributed by atoms with Gasteiger partial charge in [0.2, 0.25) is 11.0 Å². The van der Waals surface area contributed by atoms with Crippen molar-refractivity contribution in [2.75, 3.05) is 11.1 Å². The summed E-state index contributed by atoms with van der Waals surface area (Å²) < 4.78 is 2.38. The fourth-order valence-electron chi connectivity index (χ4n) is 3.19. The van der Waals surface area contributed by atoms with Crippen LogP contribution in [0.25, 0.3) is 10.2 Å². The van der Waals surface area contributed by atoms with E-state index in [0.29, 0.717) is 11.7 Å². The number of hydrogen-bond donors (Lipinski definition) is 1. The Morgan fingerprint density at radius 1 is 1.30 bits per heavy atom. The van der Waals surface area contributed by atoms with Gasteiger partial charge in [0.15, 0.2) is 4.34 Å². The average molecular weight is 422 g/mol. The first-order valence-corrected chi connectivity index (χ1v) is 11.5. The molecule has 1 aliphatic carbocycles. The maximum Gasteiger partial charge on any atom is 0.262 e. The Morgan fingerprint density at radius 3 is 3.00 bits per heavy atom. The van der Waals surface area contributed by atoms with Gasteiger partial charge < -0.3 is 5.32 Å². The highest BCUT2D eigenvalue weighted by Crippen LogP contribution is 2.33. The maximum atomic E-state index is 12.9. The highest BCUT2D eigenvalue weighted by atomic mass is 32.2. The number of rotatable bonds is 6. The van der Waals surface area contributed by atoms with E-state index < -0.39 is 0 Å². The molecule has 0 aromatic carbocycles. The molecule has 0 saturated carbocycles. The minimum atomic E-state index is -0.182. The average Bonchev–Trinajstić information content (AvgIpc) is 3.25. The molecular formula is C17H19N5O2S3. The molecule has 1 N–H and O–H groups in total. The van der Waals surface area contributed by atoms with Gasteiger partial charge in [-0.05, 0) is 37.0 Å². The fourth-order valence-corrected chi connectivity index (χ4v) is 6.07. The highest BCUT2D eigenvalue weighted by molar-refractivity contribution is 8.01. The zero-order chi connectivity index (χ0) is 18.8. The third kappa shape index (κ3) is 3.92. The fraction of sp³-hybridized carbons (Fsp3) is 0.471. The van der Waals surface area contributed by atoms with Crippen molar-refractivity contribution < 1.29 is 4.79 Å². The van der Waals surface area contributed by atoms with Crippen LogP contribution in [0.4, 0.5) is 5.13 Å². The molecule has 0 aliphatic heterocycles. The minimum Gasteiger partial charge on any atom is -0.300 e. The normalized spacial score (nSPS) is 13.7. The molecule has 3 aromatic rings. The van der Waals surface area contributed by atoms with E-state index >= 15 is 0 Å². The number of anilines is 1. The Labute approximate surface area is 168 Å². The Bertz CT molecular complexity index is 1040. The summed E-state index contributed by atoms with van der Waals surface area (Å²) in [6.45, 7) is 2.34. The molecule has 0 saturated heterocycles. The van der Waals surface area contributed by atoms with Crippen LogP contribution in [0.2, 0.25) is 0 Å². The Kier molecular flexibility index (Phi) is 5.55. The Morgan fingerprint density at radius 2 is 2.15 bits per heavy atom. The quantitative estimate of drug-likeness (QED) is 0.485. The molecule has 142 valence electrons. The van der Waals surface area contributed by atoms with Gasteiger partial charge in [0, 0.05) is 17.8 Å². The summed E-state index contributed by atoms with van der Waals surface area (Å²) in [5.74, 6) is 0.728. The first-order chi connectivity index (χ1) is 13.2. The van der Waals surface area contributed by atoms with E-state index in [1.54, 1.807) is 34.0 Å². The number of thioether (sulfide) groups is 1. The summed E-state index contributed by atoms with van der Waals surface area (Å²) in [6.07, 6.45) is 6.04. The molecule has 0 unspecified atom stereocenters. The first-order valence-electron chi connectivity index (χ1n) is 8.91. The monoisotopic (exact) mass is 421 g/mol. The smallest absolute Gasteiger partial charge is 0.262 e. The molecule has 1 amide bonds. The van der Waals surface area contributed by atoms with Crippen LogP contribution in [-0.4, -0.2) is 31.4 Å². The third-order valence-electron chi connectivity index (χ3n) is 4.44. The molecule has 27 heavy (non-hydrogen) atoms. The van der Waals surface area contributed by atoms with Crippen molar-refractivity contribution in [1.29, 1.82) is 0 Å². The minimum absolute atomic E-state index is 0.0373. The zero-order valence-corrected chi connectivity index (χ0v) is 17.3. The number of aromatic nitrogens is 4. The lowest BCUT2D eigenvalue weighted by Gasteiger charge is -2.10. The van der Waals surface area contributed by atoms with Crippen molar-refractivity contribution in [3.8, 4) is 0 Å². The number of carbonyl (C=O) groups excluding carboxylic acids is 1. The van der Waals surface area contributed by atoms with E-state index in [1.807, 2.05) is 6.92 Å². The van der Waals surface area contributed by atoms with Crippen LogP contribution in [-0.2, 0) is 24.2 Å². The van der Waals surface area contributed by atoms with Gasteiger partial charge in [0.1, 0.15) is 4.83 Å². The maximum absolute atomic E-state index is 12.9. The van der Waals surface area contributed by atoms with Crippen molar-refractivity contribution in [3.05, 3.63) is 27.1 Å². The molecule has 3 heterocycles. The lowest BCUT2D eigenvalue weighted by Crippen LogP contribution is -2.24. The molecule has 0 atom stereocenters. The topological polar surface area (TPSA) is 89.8 Å². The molecule has 4 rings (SSSR count). The highest BCUT2D eigenvalue weighted by Gasteiger charge is 2.20. The van der Waals surface area contributed by atoms with Crippen molar-refractivity contribution in [3.63, 3.8) is 0 Å². The van der Waals surface area contributed by atoms with Gasteiger partial charge in [0.25, 0.3) is 5.56 Å². The summed E-state index contributed by atoms with van der Waals surface area (Å²) in [5.41, 5.74) is 1.14. The van der Waals surface area contributed by atoms with E-state index in [4.69, 9.17) is 0 Å². The molecule has 0 bridgehead atoms. The van der Waals surface area contributed by atoms with Crippen LogP contribution in [0, 0.1) is 0 Å². The zero-order valence-electron chi connectivity index (χ0n) is 14.9. The largest absolute Gasteiger partial charge is 0.300 e. The second kappa shape index (κ2) is 8.07. The number of amides is 1. The second-order valence-corrected chi connectivity index (χ2v) is 9.81. The summed E-state index contributed by atoms with van der Waals surface area (Å²) in [5, 5.41) is 12.0. The number of thiophene rings is 1. The van der Waals surface area contributed by atoms with E-state index in [1.165, 1.54) is 28.2 Å². The molecule has 7 nitrogen and oxygen atoms in total. The van der Waals surface area contributed by atoms with Gasteiger partial charge in [-0.25, -0.2) is 4.98 Å². The molecule has 0 spiro atoms. The predicted octanol–water partition coefficient (Wildman–Crippen LogP) is 3.33. The van der Waals surface area contributed by atoms with Gasteiger partial charge in [-0.15, -0.1) is 21.5 Å². The molecule has 10 heteroatoms. The van der Waals surface area contributed by atoms with Crippen molar-refractivity contribution >= 4 is 55.7 Å². The van der Waals surface area contributed by atoms with Gasteiger partial charge in [0.05, 0.1) is 11.7 Å². The SMILES string of the molecule is CCSc1nnc(NC(=O)CCn2cnc3sc4c(c3c2=O)CCCC4)s1.